The molecular weight excluding hydrogens is 330 g/mol. The van der Waals surface area contributed by atoms with Crippen LogP contribution >= 0.6 is 0 Å². The number of aromatic nitrogens is 5. The average molecular weight is 351 g/mol. The highest BCUT2D eigenvalue weighted by Gasteiger charge is 2.27. The first-order valence-electron chi connectivity index (χ1n) is 8.63. The lowest BCUT2D eigenvalue weighted by atomic mass is 10.1. The Kier molecular flexibility index (Phi) is 4.26. The van der Waals surface area contributed by atoms with Gasteiger partial charge in [0.25, 0.3) is 0 Å². The van der Waals surface area contributed by atoms with E-state index in [-0.39, 0.29) is 5.91 Å². The van der Waals surface area contributed by atoms with E-state index in [1.165, 1.54) is 12.8 Å². The molecule has 134 valence electrons. The van der Waals surface area contributed by atoms with Crippen molar-refractivity contribution in [3.63, 3.8) is 0 Å². The molecule has 4 rings (SSSR count). The van der Waals surface area contributed by atoms with Gasteiger partial charge in [0, 0.05) is 36.0 Å². The third kappa shape index (κ3) is 3.36. The van der Waals surface area contributed by atoms with Gasteiger partial charge in [-0.05, 0) is 32.0 Å². The van der Waals surface area contributed by atoms with Crippen molar-refractivity contribution in [1.82, 2.24) is 30.3 Å². The molecule has 8 heteroatoms. The second kappa shape index (κ2) is 6.72. The van der Waals surface area contributed by atoms with Gasteiger partial charge in [-0.3, -0.25) is 14.6 Å². The molecule has 1 fully saturated rings. The number of aryl methyl sites for hydroxylation is 1. The van der Waals surface area contributed by atoms with Crippen molar-refractivity contribution in [2.45, 2.75) is 24.8 Å². The highest BCUT2D eigenvalue weighted by molar-refractivity contribution is 5.95. The largest absolute Gasteiger partial charge is 0.324 e. The molecule has 1 aliphatic rings. The average Bonchev–Trinajstić information content (AvgIpc) is 3.21. The van der Waals surface area contributed by atoms with E-state index in [9.17, 15) is 4.79 Å². The van der Waals surface area contributed by atoms with Crippen LogP contribution in [0.5, 0.6) is 0 Å². The predicted molar refractivity (Wildman–Crippen MR) is 97.4 cm³/mol. The first kappa shape index (κ1) is 16.5. The number of hydrogen-bond donors (Lipinski definition) is 3. The zero-order chi connectivity index (χ0) is 18.1. The van der Waals surface area contributed by atoms with Crippen LogP contribution in [0, 0.1) is 0 Å². The topological polar surface area (TPSA) is 101 Å². The summed E-state index contributed by atoms with van der Waals surface area (Å²) in [6.45, 7) is 0. The summed E-state index contributed by atoms with van der Waals surface area (Å²) in [5.74, 6) is 1.97. The van der Waals surface area contributed by atoms with Crippen LogP contribution in [0.4, 0.5) is 5.69 Å². The van der Waals surface area contributed by atoms with E-state index in [2.05, 4.69) is 30.9 Å². The minimum Gasteiger partial charge on any atom is -0.324 e. The fourth-order valence-corrected chi connectivity index (χ4v) is 2.93. The molecule has 3 aromatic rings. The maximum atomic E-state index is 12.7. The van der Waals surface area contributed by atoms with E-state index < -0.39 is 6.04 Å². The molecule has 0 aliphatic heterocycles. The lowest BCUT2D eigenvalue weighted by Gasteiger charge is -2.14. The molecule has 2 heterocycles. The summed E-state index contributed by atoms with van der Waals surface area (Å²) in [5.41, 5.74) is 2.38. The zero-order valence-electron chi connectivity index (χ0n) is 14.7. The summed E-state index contributed by atoms with van der Waals surface area (Å²) in [5, 5.41) is 17.4. The number of amides is 1. The van der Waals surface area contributed by atoms with Crippen LogP contribution in [0.15, 0.2) is 36.7 Å². The van der Waals surface area contributed by atoms with Crippen molar-refractivity contribution in [3.05, 3.63) is 48.0 Å². The summed E-state index contributed by atoms with van der Waals surface area (Å²) < 4.78 is 1.67. The molecule has 8 nitrogen and oxygen atoms in total. The first-order chi connectivity index (χ1) is 12.6. The minimum absolute atomic E-state index is 0.147. The van der Waals surface area contributed by atoms with E-state index in [1.54, 1.807) is 17.9 Å². The molecule has 0 bridgehead atoms. The number of H-pyrrole nitrogens is 1. The van der Waals surface area contributed by atoms with Crippen molar-refractivity contribution in [2.24, 2.45) is 7.05 Å². The zero-order valence-corrected chi connectivity index (χ0v) is 14.7. The standard InChI is InChI=1S/C18H21N7O/c1-19-15(13-9-20-25(2)10-13)18(26)21-14-5-3-4-12(8-14)17-22-16(23-24-17)11-6-7-11/h3-5,8-11,15,19H,6-7H2,1-2H3,(H,21,26)(H,22,23,24). The number of aromatic amines is 1. The Balaban J connectivity index is 1.51. The van der Waals surface area contributed by atoms with Gasteiger partial charge in [-0.15, -0.1) is 0 Å². The van der Waals surface area contributed by atoms with E-state index in [1.807, 2.05) is 37.5 Å². The number of anilines is 1. The molecule has 26 heavy (non-hydrogen) atoms. The number of carbonyl (C=O) groups excluding carboxylic acids is 1. The lowest BCUT2D eigenvalue weighted by molar-refractivity contribution is -0.118. The van der Waals surface area contributed by atoms with Crippen LogP contribution < -0.4 is 10.6 Å². The van der Waals surface area contributed by atoms with Crippen LogP contribution in [0.3, 0.4) is 0 Å². The molecule has 0 radical (unpaired) electrons. The molecule has 1 unspecified atom stereocenters. The quantitative estimate of drug-likeness (QED) is 0.630. The van der Waals surface area contributed by atoms with E-state index in [0.29, 0.717) is 17.4 Å². The van der Waals surface area contributed by atoms with Gasteiger partial charge in [-0.25, -0.2) is 4.98 Å². The molecule has 1 amide bonds. The minimum atomic E-state index is -0.475. The van der Waals surface area contributed by atoms with E-state index >= 15 is 0 Å². The lowest BCUT2D eigenvalue weighted by Crippen LogP contribution is -2.30. The monoisotopic (exact) mass is 351 g/mol. The number of nitrogens with one attached hydrogen (secondary N) is 3. The molecule has 3 N–H and O–H groups in total. The van der Waals surface area contributed by atoms with Crippen molar-refractivity contribution in [3.8, 4) is 11.4 Å². The van der Waals surface area contributed by atoms with Gasteiger partial charge in [0.05, 0.1) is 6.20 Å². The van der Waals surface area contributed by atoms with Crippen molar-refractivity contribution >= 4 is 11.6 Å². The number of benzene rings is 1. The van der Waals surface area contributed by atoms with Gasteiger partial charge < -0.3 is 10.6 Å². The van der Waals surface area contributed by atoms with Gasteiger partial charge in [0.1, 0.15) is 11.9 Å². The summed E-state index contributed by atoms with van der Waals surface area (Å²) in [4.78, 5) is 17.2. The smallest absolute Gasteiger partial charge is 0.246 e. The molecule has 0 saturated heterocycles. The van der Waals surface area contributed by atoms with Gasteiger partial charge >= 0.3 is 0 Å². The van der Waals surface area contributed by atoms with Gasteiger partial charge in [0.15, 0.2) is 5.82 Å². The van der Waals surface area contributed by atoms with E-state index in [4.69, 9.17) is 0 Å². The number of carbonyl (C=O) groups is 1. The van der Waals surface area contributed by atoms with Crippen molar-refractivity contribution in [2.75, 3.05) is 12.4 Å². The fraction of sp³-hybridized carbons (Fsp3) is 0.333. The van der Waals surface area contributed by atoms with Crippen LogP contribution in [0.25, 0.3) is 11.4 Å². The predicted octanol–water partition coefficient (Wildman–Crippen LogP) is 1.98. The Labute approximate surface area is 151 Å². The molecule has 1 aromatic carbocycles. The normalized spacial score (nSPS) is 15.0. The molecule has 1 atom stereocenters. The molecular formula is C18H21N7O. The van der Waals surface area contributed by atoms with Crippen LogP contribution in [0.2, 0.25) is 0 Å². The Morgan fingerprint density at radius 1 is 1.38 bits per heavy atom. The Hall–Kier alpha value is -3.00. The van der Waals surface area contributed by atoms with E-state index in [0.717, 1.165) is 17.0 Å². The third-order valence-electron chi connectivity index (χ3n) is 4.46. The maximum absolute atomic E-state index is 12.7. The SMILES string of the molecule is CNC(C(=O)Nc1cccc(-c2n[nH]c(C3CC3)n2)c1)c1cnn(C)c1. The summed E-state index contributed by atoms with van der Waals surface area (Å²) >= 11 is 0. The Bertz CT molecular complexity index is 925. The number of nitrogens with zero attached hydrogens (tertiary/aromatic N) is 4. The maximum Gasteiger partial charge on any atom is 0.246 e. The van der Waals surface area contributed by atoms with Gasteiger partial charge in [0.2, 0.25) is 5.91 Å². The first-order valence-corrected chi connectivity index (χ1v) is 8.63. The number of rotatable bonds is 6. The summed E-state index contributed by atoms with van der Waals surface area (Å²) in [6.07, 6.45) is 5.85. The second-order valence-corrected chi connectivity index (χ2v) is 6.56. The Morgan fingerprint density at radius 2 is 2.23 bits per heavy atom. The highest BCUT2D eigenvalue weighted by Crippen LogP contribution is 2.38. The molecule has 2 aromatic heterocycles. The van der Waals surface area contributed by atoms with Crippen molar-refractivity contribution < 1.29 is 4.79 Å². The summed E-state index contributed by atoms with van der Waals surface area (Å²) in [6, 6.07) is 7.08. The van der Waals surface area contributed by atoms with Crippen LogP contribution in [-0.2, 0) is 11.8 Å². The van der Waals surface area contributed by atoms with Crippen LogP contribution in [-0.4, -0.2) is 37.9 Å². The molecule has 0 spiro atoms. The van der Waals surface area contributed by atoms with Gasteiger partial charge in [-0.1, -0.05) is 12.1 Å². The number of likely N-dealkylation sites (N-methyl/N-ethyl adjacent to an activating group) is 1. The third-order valence-corrected chi connectivity index (χ3v) is 4.46. The Morgan fingerprint density at radius 3 is 2.92 bits per heavy atom. The second-order valence-electron chi connectivity index (χ2n) is 6.56. The van der Waals surface area contributed by atoms with Gasteiger partial charge in [-0.2, -0.15) is 10.2 Å². The molecule has 1 saturated carbocycles. The molecule has 1 aliphatic carbocycles. The van der Waals surface area contributed by atoms with Crippen molar-refractivity contribution in [1.29, 1.82) is 0 Å². The fourth-order valence-electron chi connectivity index (χ4n) is 2.93. The summed E-state index contributed by atoms with van der Waals surface area (Å²) in [7, 11) is 3.57. The van der Waals surface area contributed by atoms with Crippen LogP contribution in [0.1, 0.15) is 36.2 Å². The number of hydrogen-bond acceptors (Lipinski definition) is 5. The highest BCUT2D eigenvalue weighted by atomic mass is 16.2.